The monoisotopic (exact) mass is 309 g/mol. The molecule has 1 amide bonds. The number of nitrogens with one attached hydrogen (secondary N) is 1. The largest absolute Gasteiger partial charge is 0.351 e. The average Bonchev–Trinajstić information content (AvgIpc) is 2.50. The van der Waals surface area contributed by atoms with Gasteiger partial charge in [-0.2, -0.15) is 0 Å². The van der Waals surface area contributed by atoms with E-state index in [-0.39, 0.29) is 11.4 Å². The highest BCUT2D eigenvalue weighted by atomic mass is 16.1. The first-order valence-electron chi connectivity index (χ1n) is 9.74. The van der Waals surface area contributed by atoms with Gasteiger partial charge in [0.25, 0.3) is 0 Å². The van der Waals surface area contributed by atoms with Crippen LogP contribution in [0.2, 0.25) is 0 Å². The van der Waals surface area contributed by atoms with Crippen molar-refractivity contribution in [1.29, 1.82) is 0 Å². The Morgan fingerprint density at radius 3 is 2.45 bits per heavy atom. The Hall–Kier alpha value is -0.530. The molecule has 5 atom stereocenters. The van der Waals surface area contributed by atoms with E-state index >= 15 is 0 Å². The van der Waals surface area contributed by atoms with Crippen LogP contribution in [0.25, 0.3) is 0 Å². The smallest absolute Gasteiger partial charge is 0.220 e. The number of carbonyl (C=O) groups excluding carboxylic acids is 1. The molecule has 4 unspecified atom stereocenters. The third-order valence-corrected chi connectivity index (χ3v) is 6.43. The summed E-state index contributed by atoms with van der Waals surface area (Å²) in [5.74, 6) is 2.98. The lowest BCUT2D eigenvalue weighted by Crippen LogP contribution is -2.57. The van der Waals surface area contributed by atoms with Crippen molar-refractivity contribution in [3.8, 4) is 0 Å². The van der Waals surface area contributed by atoms with Crippen molar-refractivity contribution in [3.63, 3.8) is 0 Å². The van der Waals surface area contributed by atoms with Crippen molar-refractivity contribution in [2.75, 3.05) is 0 Å². The summed E-state index contributed by atoms with van der Waals surface area (Å²) in [7, 11) is 0. The first kappa shape index (κ1) is 19.5. The van der Waals surface area contributed by atoms with Gasteiger partial charge >= 0.3 is 0 Å². The summed E-state index contributed by atoms with van der Waals surface area (Å²) in [5, 5.41) is 3.42. The van der Waals surface area contributed by atoms with Gasteiger partial charge in [0.05, 0.1) is 0 Å². The fraction of sp³-hybridized carbons (Fsp3) is 0.950. The average molecular weight is 310 g/mol. The van der Waals surface area contributed by atoms with E-state index in [1.165, 1.54) is 32.1 Å². The van der Waals surface area contributed by atoms with Crippen LogP contribution in [0.15, 0.2) is 0 Å². The fourth-order valence-corrected chi connectivity index (χ4v) is 4.87. The van der Waals surface area contributed by atoms with Crippen LogP contribution in [0.4, 0.5) is 0 Å². The third kappa shape index (κ3) is 4.49. The molecule has 1 heterocycles. The summed E-state index contributed by atoms with van der Waals surface area (Å²) in [5.41, 5.74) is -0.0429. The second-order valence-corrected chi connectivity index (χ2v) is 7.72. The van der Waals surface area contributed by atoms with Gasteiger partial charge in [0, 0.05) is 12.0 Å². The van der Waals surface area contributed by atoms with Gasteiger partial charge in [-0.15, -0.1) is 0 Å². The van der Waals surface area contributed by atoms with Crippen molar-refractivity contribution >= 4 is 5.91 Å². The highest BCUT2D eigenvalue weighted by Crippen LogP contribution is 2.44. The summed E-state index contributed by atoms with van der Waals surface area (Å²) in [6.45, 7) is 13.9. The molecule has 0 aliphatic carbocycles. The maximum atomic E-state index is 12.3. The van der Waals surface area contributed by atoms with Gasteiger partial charge in [0.2, 0.25) is 5.91 Å². The maximum absolute atomic E-state index is 12.3. The Bertz CT molecular complexity index is 341. The second kappa shape index (κ2) is 8.93. The first-order chi connectivity index (χ1) is 10.4. The standard InChI is InChI=1S/C20H39NO/c1-7-11-12-17(9-3)19-15(5)16(8-2)13-14-18(22)21-20(19,6)10-4/h15-17,19H,7-14H2,1-6H3,(H,21,22)/t15?,16?,17?,19?,20-/m1/s1. The molecule has 22 heavy (non-hydrogen) atoms. The van der Waals surface area contributed by atoms with E-state index in [1.54, 1.807) is 0 Å². The lowest BCUT2D eigenvalue weighted by atomic mass is 9.62. The number of carbonyl (C=O) groups is 1. The highest BCUT2D eigenvalue weighted by Gasteiger charge is 2.44. The molecular formula is C20H39NO. The Morgan fingerprint density at radius 2 is 1.95 bits per heavy atom. The molecule has 2 heteroatoms. The van der Waals surface area contributed by atoms with E-state index < -0.39 is 0 Å². The van der Waals surface area contributed by atoms with Gasteiger partial charge in [-0.1, -0.05) is 66.7 Å². The summed E-state index contributed by atoms with van der Waals surface area (Å²) >= 11 is 0. The lowest BCUT2D eigenvalue weighted by molar-refractivity contribution is -0.126. The SMILES string of the molecule is CCCCC(CC)C1C(C)C(CC)CCC(=O)N[C@]1(C)CC. The Morgan fingerprint density at radius 1 is 1.27 bits per heavy atom. The second-order valence-electron chi connectivity index (χ2n) is 7.72. The van der Waals surface area contributed by atoms with E-state index in [2.05, 4.69) is 46.9 Å². The Balaban J connectivity index is 3.15. The maximum Gasteiger partial charge on any atom is 0.220 e. The normalized spacial score (nSPS) is 34.6. The van der Waals surface area contributed by atoms with E-state index in [0.29, 0.717) is 24.2 Å². The number of amides is 1. The van der Waals surface area contributed by atoms with Gasteiger partial charge in [-0.3, -0.25) is 4.79 Å². The molecule has 0 aromatic rings. The van der Waals surface area contributed by atoms with Crippen LogP contribution in [0.3, 0.4) is 0 Å². The highest BCUT2D eigenvalue weighted by molar-refractivity contribution is 5.77. The van der Waals surface area contributed by atoms with E-state index in [0.717, 1.165) is 18.8 Å². The zero-order valence-electron chi connectivity index (χ0n) is 15.9. The molecule has 2 nitrogen and oxygen atoms in total. The van der Waals surface area contributed by atoms with Crippen LogP contribution >= 0.6 is 0 Å². The first-order valence-corrected chi connectivity index (χ1v) is 9.74. The molecule has 0 aromatic heterocycles. The molecule has 1 saturated heterocycles. The van der Waals surface area contributed by atoms with Crippen molar-refractivity contribution in [1.82, 2.24) is 5.32 Å². The summed E-state index contributed by atoms with van der Waals surface area (Å²) < 4.78 is 0. The van der Waals surface area contributed by atoms with Gasteiger partial charge in [-0.05, 0) is 43.4 Å². The van der Waals surface area contributed by atoms with Gasteiger partial charge in [0.1, 0.15) is 0 Å². The minimum absolute atomic E-state index is 0.0429. The zero-order valence-corrected chi connectivity index (χ0v) is 15.9. The predicted octanol–water partition coefficient (Wildman–Crippen LogP) is 5.56. The van der Waals surface area contributed by atoms with Crippen LogP contribution < -0.4 is 5.32 Å². The quantitative estimate of drug-likeness (QED) is 0.655. The van der Waals surface area contributed by atoms with Crippen molar-refractivity contribution in [3.05, 3.63) is 0 Å². The summed E-state index contributed by atoms with van der Waals surface area (Å²) in [4.78, 5) is 12.3. The molecule has 0 bridgehead atoms. The molecular weight excluding hydrogens is 270 g/mol. The number of hydrogen-bond donors (Lipinski definition) is 1. The number of unbranched alkanes of at least 4 members (excludes halogenated alkanes) is 1. The molecule has 0 spiro atoms. The van der Waals surface area contributed by atoms with Gasteiger partial charge < -0.3 is 5.32 Å². The van der Waals surface area contributed by atoms with E-state index in [9.17, 15) is 4.79 Å². The number of hydrogen-bond acceptors (Lipinski definition) is 1. The molecule has 0 saturated carbocycles. The number of rotatable bonds is 7. The minimum atomic E-state index is -0.0429. The van der Waals surface area contributed by atoms with Gasteiger partial charge in [0.15, 0.2) is 0 Å². The molecule has 0 radical (unpaired) electrons. The van der Waals surface area contributed by atoms with Crippen LogP contribution in [-0.4, -0.2) is 11.4 Å². The Kier molecular flexibility index (Phi) is 7.93. The minimum Gasteiger partial charge on any atom is -0.351 e. The molecule has 1 aliphatic rings. The third-order valence-electron chi connectivity index (χ3n) is 6.43. The lowest BCUT2D eigenvalue weighted by Gasteiger charge is -2.49. The van der Waals surface area contributed by atoms with Crippen LogP contribution in [0.1, 0.15) is 92.9 Å². The van der Waals surface area contributed by atoms with Gasteiger partial charge in [-0.25, -0.2) is 0 Å². The summed E-state index contributed by atoms with van der Waals surface area (Å²) in [6.07, 6.45) is 9.12. The molecule has 130 valence electrons. The topological polar surface area (TPSA) is 29.1 Å². The fourth-order valence-electron chi connectivity index (χ4n) is 4.87. The molecule has 1 N–H and O–H groups in total. The van der Waals surface area contributed by atoms with Crippen LogP contribution in [0.5, 0.6) is 0 Å². The molecule has 1 rings (SSSR count). The van der Waals surface area contributed by atoms with E-state index in [1.807, 2.05) is 0 Å². The van der Waals surface area contributed by atoms with Crippen molar-refractivity contribution < 1.29 is 4.79 Å². The summed E-state index contributed by atoms with van der Waals surface area (Å²) in [6, 6.07) is 0. The van der Waals surface area contributed by atoms with Crippen LogP contribution in [-0.2, 0) is 4.79 Å². The zero-order chi connectivity index (χ0) is 16.8. The van der Waals surface area contributed by atoms with Crippen LogP contribution in [0, 0.1) is 23.7 Å². The Labute approximate surface area is 138 Å². The molecule has 1 fully saturated rings. The van der Waals surface area contributed by atoms with Crippen molar-refractivity contribution in [2.24, 2.45) is 23.7 Å². The molecule has 0 aromatic carbocycles. The molecule has 1 aliphatic heterocycles. The predicted molar refractivity (Wildman–Crippen MR) is 95.8 cm³/mol. The van der Waals surface area contributed by atoms with Crippen molar-refractivity contribution in [2.45, 2.75) is 98.4 Å². The van der Waals surface area contributed by atoms with E-state index in [4.69, 9.17) is 0 Å².